The van der Waals surface area contributed by atoms with Crippen LogP contribution in [0.4, 0.5) is 0 Å². The van der Waals surface area contributed by atoms with E-state index in [1.807, 2.05) is 52.3 Å². The van der Waals surface area contributed by atoms with E-state index in [2.05, 4.69) is 18.2 Å². The Bertz CT molecular complexity index is 1110. The molecule has 33 heavy (non-hydrogen) atoms. The van der Waals surface area contributed by atoms with Gasteiger partial charge in [-0.25, -0.2) is 4.98 Å². The van der Waals surface area contributed by atoms with Crippen molar-refractivity contribution < 1.29 is 9.59 Å². The molecule has 0 N–H and O–H groups in total. The number of likely N-dealkylation sites (tertiary alicyclic amines) is 2. The Balaban J connectivity index is 1.10. The maximum absolute atomic E-state index is 13.1. The van der Waals surface area contributed by atoms with Crippen LogP contribution < -0.4 is 0 Å². The molecule has 170 valence electrons. The van der Waals surface area contributed by atoms with Crippen LogP contribution in [-0.4, -0.2) is 52.8 Å². The van der Waals surface area contributed by atoms with Crippen LogP contribution in [0.2, 0.25) is 0 Å². The fraction of sp³-hybridized carbons (Fsp3) is 0.370. The number of rotatable bonds is 4. The van der Waals surface area contributed by atoms with Gasteiger partial charge in [-0.3, -0.25) is 9.59 Å². The maximum Gasteiger partial charge on any atom is 0.246 e. The summed E-state index contributed by atoms with van der Waals surface area (Å²) in [4.78, 5) is 34.4. The predicted molar refractivity (Wildman–Crippen MR) is 133 cm³/mol. The van der Waals surface area contributed by atoms with Crippen molar-refractivity contribution in [3.63, 3.8) is 0 Å². The number of amides is 2. The van der Waals surface area contributed by atoms with Gasteiger partial charge in [0.1, 0.15) is 0 Å². The molecule has 5 nitrogen and oxygen atoms in total. The van der Waals surface area contributed by atoms with Gasteiger partial charge in [0.2, 0.25) is 11.8 Å². The van der Waals surface area contributed by atoms with Crippen LogP contribution in [0.15, 0.2) is 60.7 Å². The molecule has 2 amide bonds. The molecule has 1 aromatic heterocycles. The molecule has 2 fully saturated rings. The Morgan fingerprint density at radius 3 is 2.24 bits per heavy atom. The van der Waals surface area contributed by atoms with Crippen molar-refractivity contribution in [1.82, 2.24) is 14.8 Å². The monoisotopic (exact) mass is 459 g/mol. The summed E-state index contributed by atoms with van der Waals surface area (Å²) in [6.07, 6.45) is 6.96. The first-order valence-electron chi connectivity index (χ1n) is 11.8. The van der Waals surface area contributed by atoms with Crippen molar-refractivity contribution in [3.8, 4) is 0 Å². The summed E-state index contributed by atoms with van der Waals surface area (Å²) in [6.45, 7) is 2.91. The molecular weight excluding hydrogens is 430 g/mol. The normalized spacial score (nSPS) is 18.3. The Kier molecular flexibility index (Phi) is 6.53. The zero-order valence-electron chi connectivity index (χ0n) is 18.7. The molecule has 0 radical (unpaired) electrons. The van der Waals surface area contributed by atoms with Crippen LogP contribution in [0.25, 0.3) is 16.3 Å². The Hall–Kier alpha value is -2.99. The standard InChI is InChI=1S/C27H29N3O2S/c31-25(11-10-20-6-2-1-3-7-20)29-16-14-22(15-17-29)27(32)30-18-12-21(13-19-30)26-28-23-8-4-5-9-24(23)33-26/h1-11,21-22H,12-19H2/b11-10+. The first-order chi connectivity index (χ1) is 16.2. The fourth-order valence-corrected chi connectivity index (χ4v) is 5.99. The van der Waals surface area contributed by atoms with E-state index in [1.54, 1.807) is 17.4 Å². The average molecular weight is 460 g/mol. The van der Waals surface area contributed by atoms with E-state index >= 15 is 0 Å². The summed E-state index contributed by atoms with van der Waals surface area (Å²) in [5, 5.41) is 1.21. The van der Waals surface area contributed by atoms with Crippen molar-refractivity contribution >= 4 is 39.4 Å². The van der Waals surface area contributed by atoms with Gasteiger partial charge < -0.3 is 9.80 Å². The molecule has 0 saturated carbocycles. The molecule has 0 atom stereocenters. The molecule has 2 aliphatic rings. The first kappa shape index (κ1) is 21.8. The number of carbonyl (C=O) groups is 2. The third-order valence-corrected chi connectivity index (χ3v) is 8.04. The first-order valence-corrected chi connectivity index (χ1v) is 12.7. The Labute approximate surface area is 198 Å². The number of nitrogens with zero attached hydrogens (tertiary/aromatic N) is 3. The van der Waals surface area contributed by atoms with Crippen molar-refractivity contribution in [2.45, 2.75) is 31.6 Å². The minimum absolute atomic E-state index is 0.0291. The SMILES string of the molecule is O=C(/C=C/c1ccccc1)N1CCC(C(=O)N2CCC(c3nc4ccccc4s3)CC2)CC1. The predicted octanol–water partition coefficient (Wildman–Crippen LogP) is 4.95. The van der Waals surface area contributed by atoms with E-state index in [4.69, 9.17) is 4.98 Å². The minimum Gasteiger partial charge on any atom is -0.342 e. The van der Waals surface area contributed by atoms with E-state index in [1.165, 1.54) is 9.71 Å². The molecule has 0 aliphatic carbocycles. The van der Waals surface area contributed by atoms with Crippen LogP contribution in [0.5, 0.6) is 0 Å². The van der Waals surface area contributed by atoms with Gasteiger partial charge in [0, 0.05) is 44.1 Å². The lowest BCUT2D eigenvalue weighted by Gasteiger charge is -2.36. The van der Waals surface area contributed by atoms with E-state index in [-0.39, 0.29) is 17.7 Å². The lowest BCUT2D eigenvalue weighted by Crippen LogP contribution is -2.46. The third-order valence-electron chi connectivity index (χ3n) is 6.84. The summed E-state index contributed by atoms with van der Waals surface area (Å²) in [6, 6.07) is 18.1. The lowest BCUT2D eigenvalue weighted by molar-refractivity contribution is -0.140. The molecule has 6 heteroatoms. The number of thiazole rings is 1. The van der Waals surface area contributed by atoms with E-state index < -0.39 is 0 Å². The molecule has 2 aromatic carbocycles. The summed E-state index contributed by atoms with van der Waals surface area (Å²) in [7, 11) is 0. The molecule has 2 saturated heterocycles. The summed E-state index contributed by atoms with van der Waals surface area (Å²) in [5.74, 6) is 0.777. The number of carbonyl (C=O) groups excluding carboxylic acids is 2. The van der Waals surface area contributed by atoms with Crippen LogP contribution in [0.1, 0.15) is 42.2 Å². The van der Waals surface area contributed by atoms with Gasteiger partial charge in [0.25, 0.3) is 0 Å². The molecular formula is C27H29N3O2S. The minimum atomic E-state index is 0.0291. The summed E-state index contributed by atoms with van der Waals surface area (Å²) >= 11 is 1.79. The highest BCUT2D eigenvalue weighted by atomic mass is 32.1. The van der Waals surface area contributed by atoms with Gasteiger partial charge in [0.05, 0.1) is 15.2 Å². The molecule has 5 rings (SSSR count). The van der Waals surface area contributed by atoms with Crippen LogP contribution in [0.3, 0.4) is 0 Å². The Morgan fingerprint density at radius 1 is 0.848 bits per heavy atom. The van der Waals surface area contributed by atoms with Gasteiger partial charge in [-0.05, 0) is 49.5 Å². The number of fused-ring (bicyclic) bond motifs is 1. The number of hydrogen-bond acceptors (Lipinski definition) is 4. The second-order valence-corrected chi connectivity index (χ2v) is 10.0. The van der Waals surface area contributed by atoms with Crippen molar-refractivity contribution in [2.24, 2.45) is 5.92 Å². The molecule has 3 heterocycles. The largest absolute Gasteiger partial charge is 0.342 e. The van der Waals surface area contributed by atoms with E-state index in [0.29, 0.717) is 19.0 Å². The van der Waals surface area contributed by atoms with E-state index in [9.17, 15) is 9.59 Å². The van der Waals surface area contributed by atoms with Crippen LogP contribution in [-0.2, 0) is 9.59 Å². The number of benzene rings is 2. The number of aromatic nitrogens is 1. The number of para-hydroxylation sites is 1. The maximum atomic E-state index is 13.1. The van der Waals surface area contributed by atoms with Gasteiger partial charge in [-0.2, -0.15) is 0 Å². The van der Waals surface area contributed by atoms with Gasteiger partial charge in [0.15, 0.2) is 0 Å². The lowest BCUT2D eigenvalue weighted by atomic mass is 9.92. The van der Waals surface area contributed by atoms with Crippen molar-refractivity contribution in [3.05, 3.63) is 71.2 Å². The van der Waals surface area contributed by atoms with Gasteiger partial charge in [-0.15, -0.1) is 11.3 Å². The van der Waals surface area contributed by atoms with Gasteiger partial charge in [-0.1, -0.05) is 42.5 Å². The third kappa shape index (κ3) is 5.01. The highest BCUT2D eigenvalue weighted by Gasteiger charge is 2.32. The topological polar surface area (TPSA) is 53.5 Å². The van der Waals surface area contributed by atoms with Crippen molar-refractivity contribution in [2.75, 3.05) is 26.2 Å². The highest BCUT2D eigenvalue weighted by Crippen LogP contribution is 2.34. The molecule has 3 aromatic rings. The number of piperidine rings is 2. The highest BCUT2D eigenvalue weighted by molar-refractivity contribution is 7.18. The zero-order chi connectivity index (χ0) is 22.6. The average Bonchev–Trinajstić information content (AvgIpc) is 3.32. The second kappa shape index (κ2) is 9.87. The molecule has 0 bridgehead atoms. The van der Waals surface area contributed by atoms with Crippen LogP contribution in [0, 0.1) is 5.92 Å². The zero-order valence-corrected chi connectivity index (χ0v) is 19.5. The van der Waals surface area contributed by atoms with Gasteiger partial charge >= 0.3 is 0 Å². The van der Waals surface area contributed by atoms with Crippen molar-refractivity contribution in [1.29, 1.82) is 0 Å². The Morgan fingerprint density at radius 2 is 1.52 bits per heavy atom. The van der Waals surface area contributed by atoms with Crippen LogP contribution >= 0.6 is 11.3 Å². The number of hydrogen-bond donors (Lipinski definition) is 0. The summed E-state index contributed by atoms with van der Waals surface area (Å²) < 4.78 is 1.24. The second-order valence-electron chi connectivity index (χ2n) is 8.96. The smallest absolute Gasteiger partial charge is 0.246 e. The quantitative estimate of drug-likeness (QED) is 0.519. The van der Waals surface area contributed by atoms with E-state index in [0.717, 1.165) is 49.9 Å². The summed E-state index contributed by atoms with van der Waals surface area (Å²) in [5.41, 5.74) is 2.10. The fourth-order valence-electron chi connectivity index (χ4n) is 4.85. The molecule has 2 aliphatic heterocycles. The molecule has 0 spiro atoms. The molecule has 0 unspecified atom stereocenters.